The molecule has 0 atom stereocenters. The monoisotopic (exact) mass is 484 g/mol. The molecule has 0 bridgehead atoms. The minimum atomic E-state index is -0.744. The zero-order valence-corrected chi connectivity index (χ0v) is 18.8. The fourth-order valence-corrected chi connectivity index (χ4v) is 3.46. The van der Waals surface area contributed by atoms with Crippen LogP contribution in [0.25, 0.3) is 16.7 Å². The van der Waals surface area contributed by atoms with E-state index < -0.39 is 23.0 Å². The van der Waals surface area contributed by atoms with Crippen molar-refractivity contribution in [3.63, 3.8) is 0 Å². The molecule has 11 heteroatoms. The number of nitrogens with zero attached hydrogens (tertiary/aromatic N) is 2. The van der Waals surface area contributed by atoms with E-state index >= 15 is 0 Å². The van der Waals surface area contributed by atoms with Crippen LogP contribution in [0.2, 0.25) is 5.02 Å². The number of halogens is 2. The van der Waals surface area contributed by atoms with Crippen LogP contribution in [0.4, 0.5) is 4.39 Å². The van der Waals surface area contributed by atoms with Gasteiger partial charge in [-0.25, -0.2) is 13.8 Å². The number of aromatic nitrogens is 3. The van der Waals surface area contributed by atoms with Gasteiger partial charge >= 0.3 is 5.69 Å². The van der Waals surface area contributed by atoms with E-state index in [1.54, 1.807) is 6.07 Å². The summed E-state index contributed by atoms with van der Waals surface area (Å²) in [4.78, 5) is 45.1. The first-order valence-corrected chi connectivity index (χ1v) is 10.3. The number of amides is 1. The minimum Gasteiger partial charge on any atom is -0.491 e. The van der Waals surface area contributed by atoms with E-state index in [1.165, 1.54) is 56.7 Å². The van der Waals surface area contributed by atoms with Crippen molar-refractivity contribution in [1.82, 2.24) is 19.9 Å². The molecule has 9 nitrogen and oxygen atoms in total. The van der Waals surface area contributed by atoms with Crippen molar-refractivity contribution < 1.29 is 18.7 Å². The maximum atomic E-state index is 13.6. The second-order valence-corrected chi connectivity index (χ2v) is 7.55. The molecule has 34 heavy (non-hydrogen) atoms. The number of aromatic amines is 1. The number of H-pyrrole nitrogens is 1. The number of nitrogens with one attached hydrogen (secondary N) is 2. The molecule has 0 saturated heterocycles. The van der Waals surface area contributed by atoms with Crippen LogP contribution in [0.1, 0.15) is 15.9 Å². The summed E-state index contributed by atoms with van der Waals surface area (Å²) in [5.41, 5.74) is -0.459. The van der Waals surface area contributed by atoms with Gasteiger partial charge in [0, 0.05) is 12.1 Å². The fourth-order valence-electron chi connectivity index (χ4n) is 3.35. The van der Waals surface area contributed by atoms with Gasteiger partial charge in [0.2, 0.25) is 0 Å². The Kier molecular flexibility index (Phi) is 6.33. The number of hydrogen-bond acceptors (Lipinski definition) is 6. The van der Waals surface area contributed by atoms with E-state index in [1.807, 2.05) is 0 Å². The lowest BCUT2D eigenvalue weighted by atomic mass is 10.1. The third-order valence-corrected chi connectivity index (χ3v) is 5.36. The van der Waals surface area contributed by atoms with Gasteiger partial charge in [0.25, 0.3) is 17.3 Å². The summed E-state index contributed by atoms with van der Waals surface area (Å²) in [5, 5.41) is 2.82. The van der Waals surface area contributed by atoms with Crippen molar-refractivity contribution in [1.29, 1.82) is 0 Å². The van der Waals surface area contributed by atoms with Gasteiger partial charge in [-0.2, -0.15) is 4.98 Å². The van der Waals surface area contributed by atoms with Crippen molar-refractivity contribution >= 4 is 28.4 Å². The minimum absolute atomic E-state index is 0.0116. The number of carbonyl (C=O) groups is 1. The fraction of sp³-hybridized carbons (Fsp3) is 0.130. The summed E-state index contributed by atoms with van der Waals surface area (Å²) in [5.74, 6) is -0.559. The lowest BCUT2D eigenvalue weighted by Crippen LogP contribution is -2.34. The average Bonchev–Trinajstić information content (AvgIpc) is 2.84. The van der Waals surface area contributed by atoms with Crippen molar-refractivity contribution in [2.24, 2.45) is 0 Å². The van der Waals surface area contributed by atoms with Crippen molar-refractivity contribution in [3.8, 4) is 17.4 Å². The molecule has 0 aliphatic rings. The molecule has 0 saturated carbocycles. The highest BCUT2D eigenvalue weighted by Gasteiger charge is 2.15. The number of methoxy groups -OCH3 is 2. The second kappa shape index (κ2) is 9.36. The molecule has 2 N–H and O–H groups in total. The SMILES string of the molecule is COc1ccc(-n2c(=O)[nH]c3cc(C(=O)NCc4ccc(Cl)c(F)c4)ccc3c2=O)nc1OC. The van der Waals surface area contributed by atoms with Crippen LogP contribution in [0.3, 0.4) is 0 Å². The summed E-state index contributed by atoms with van der Waals surface area (Å²) in [6.45, 7) is 0.0635. The molecule has 0 spiro atoms. The van der Waals surface area contributed by atoms with Gasteiger partial charge in [0.1, 0.15) is 11.6 Å². The maximum absolute atomic E-state index is 13.6. The van der Waals surface area contributed by atoms with Crippen LogP contribution in [0.5, 0.6) is 11.6 Å². The summed E-state index contributed by atoms with van der Waals surface area (Å²) in [6, 6.07) is 11.5. The number of ether oxygens (including phenoxy) is 2. The van der Waals surface area contributed by atoms with E-state index in [0.717, 1.165) is 4.57 Å². The molecule has 0 unspecified atom stereocenters. The summed E-state index contributed by atoms with van der Waals surface area (Å²) in [7, 11) is 2.83. The van der Waals surface area contributed by atoms with Crippen LogP contribution in [0, 0.1) is 5.82 Å². The van der Waals surface area contributed by atoms with E-state index in [4.69, 9.17) is 21.1 Å². The predicted octanol–water partition coefficient (Wildman–Crippen LogP) is 2.81. The molecule has 4 rings (SSSR count). The first-order valence-electron chi connectivity index (χ1n) is 9.93. The molecule has 4 aromatic rings. The Morgan fingerprint density at radius 2 is 1.91 bits per heavy atom. The Hall–Kier alpha value is -4.18. The van der Waals surface area contributed by atoms with Gasteiger partial charge in [-0.15, -0.1) is 0 Å². The zero-order chi connectivity index (χ0) is 24.4. The van der Waals surface area contributed by atoms with Gasteiger partial charge in [-0.05, 0) is 48.0 Å². The average molecular weight is 485 g/mol. The van der Waals surface area contributed by atoms with Gasteiger partial charge in [-0.1, -0.05) is 17.7 Å². The second-order valence-electron chi connectivity index (χ2n) is 7.14. The highest BCUT2D eigenvalue weighted by atomic mass is 35.5. The molecular weight excluding hydrogens is 467 g/mol. The number of benzene rings is 2. The quantitative estimate of drug-likeness (QED) is 0.435. The molecule has 2 aromatic carbocycles. The third-order valence-electron chi connectivity index (χ3n) is 5.05. The maximum Gasteiger partial charge on any atom is 0.334 e. The Morgan fingerprint density at radius 3 is 2.62 bits per heavy atom. The molecular formula is C23H18ClFN4O5. The van der Waals surface area contributed by atoms with Gasteiger partial charge < -0.3 is 19.8 Å². The largest absolute Gasteiger partial charge is 0.491 e. The van der Waals surface area contributed by atoms with Crippen molar-refractivity contribution in [3.05, 3.63) is 91.3 Å². The van der Waals surface area contributed by atoms with Crippen LogP contribution in [0.15, 0.2) is 58.1 Å². The Morgan fingerprint density at radius 1 is 1.12 bits per heavy atom. The van der Waals surface area contributed by atoms with E-state index in [0.29, 0.717) is 11.3 Å². The number of fused-ring (bicyclic) bond motifs is 1. The number of pyridine rings is 1. The molecule has 1 amide bonds. The first-order chi connectivity index (χ1) is 16.3. The summed E-state index contributed by atoms with van der Waals surface area (Å²) < 4.78 is 24.7. The molecule has 0 aliphatic carbocycles. The van der Waals surface area contributed by atoms with Crippen LogP contribution in [-0.2, 0) is 6.54 Å². The van der Waals surface area contributed by atoms with Gasteiger partial charge in [0.15, 0.2) is 5.75 Å². The predicted molar refractivity (Wildman–Crippen MR) is 124 cm³/mol. The highest BCUT2D eigenvalue weighted by molar-refractivity contribution is 6.30. The number of carbonyl (C=O) groups excluding carboxylic acids is 1. The third kappa shape index (κ3) is 4.35. The van der Waals surface area contributed by atoms with E-state index in [9.17, 15) is 18.8 Å². The lowest BCUT2D eigenvalue weighted by Gasteiger charge is -2.10. The molecule has 0 fully saturated rings. The first kappa shape index (κ1) is 23.0. The zero-order valence-electron chi connectivity index (χ0n) is 18.0. The summed E-state index contributed by atoms with van der Waals surface area (Å²) >= 11 is 5.66. The molecule has 0 radical (unpaired) electrons. The van der Waals surface area contributed by atoms with E-state index in [-0.39, 0.29) is 39.7 Å². The standard InChI is InChI=1S/C23H18ClFN4O5/c1-33-18-7-8-19(28-21(18)34-2)29-22(31)14-5-4-13(10-17(14)27-23(29)32)20(30)26-11-12-3-6-15(24)16(25)9-12/h3-10H,11H2,1-2H3,(H,26,30)(H,27,32). The number of rotatable bonds is 6. The molecule has 0 aliphatic heterocycles. The summed E-state index contributed by atoms with van der Waals surface area (Å²) in [6.07, 6.45) is 0. The van der Waals surface area contributed by atoms with Gasteiger partial charge in [-0.3, -0.25) is 9.59 Å². The molecule has 174 valence electrons. The lowest BCUT2D eigenvalue weighted by molar-refractivity contribution is 0.0951. The van der Waals surface area contributed by atoms with Crippen LogP contribution in [-0.4, -0.2) is 34.7 Å². The normalized spacial score (nSPS) is 10.8. The van der Waals surface area contributed by atoms with E-state index in [2.05, 4.69) is 15.3 Å². The van der Waals surface area contributed by atoms with Gasteiger partial charge in [0.05, 0.1) is 30.1 Å². The van der Waals surface area contributed by atoms with Crippen LogP contribution >= 0.6 is 11.6 Å². The Balaban J connectivity index is 1.65. The Labute approximate surface area is 196 Å². The Bertz CT molecular complexity index is 1530. The smallest absolute Gasteiger partial charge is 0.334 e. The van der Waals surface area contributed by atoms with Crippen molar-refractivity contribution in [2.75, 3.05) is 14.2 Å². The number of hydrogen-bond donors (Lipinski definition) is 2. The van der Waals surface area contributed by atoms with Crippen molar-refractivity contribution in [2.45, 2.75) is 6.54 Å². The molecule has 2 heterocycles. The molecule has 2 aromatic heterocycles. The van der Waals surface area contributed by atoms with Crippen LogP contribution < -0.4 is 26.0 Å². The topological polar surface area (TPSA) is 115 Å². The highest BCUT2D eigenvalue weighted by Crippen LogP contribution is 2.24.